The van der Waals surface area contributed by atoms with E-state index in [0.29, 0.717) is 28.6 Å². The van der Waals surface area contributed by atoms with Gasteiger partial charge in [-0.2, -0.15) is 4.98 Å². The number of H-pyrrole nitrogens is 1. The molecule has 148 valence electrons. The maximum atomic E-state index is 12.4. The van der Waals surface area contributed by atoms with Gasteiger partial charge in [-0.05, 0) is 48.1 Å². The number of pyridine rings is 1. The zero-order valence-electron chi connectivity index (χ0n) is 16.3. The molecule has 2 aromatic heterocycles. The first-order chi connectivity index (χ1) is 12.4. The normalized spacial score (nSPS) is 24.1. The first kappa shape index (κ1) is 20.1. The summed E-state index contributed by atoms with van der Waals surface area (Å²) in [4.78, 5) is 19.9. The fourth-order valence-electron chi connectivity index (χ4n) is 4.99. The average molecular weight is 393 g/mol. The fraction of sp³-hybridized carbons (Fsp3) is 0.650. The number of nitrogens with one attached hydrogen (secondary N) is 2. The van der Waals surface area contributed by atoms with Crippen LogP contribution < -0.4 is 10.9 Å². The average Bonchev–Trinajstić information content (AvgIpc) is 3.00. The Bertz CT molecular complexity index is 858. The lowest BCUT2D eigenvalue weighted by Gasteiger charge is -2.38. The summed E-state index contributed by atoms with van der Waals surface area (Å²) in [5, 5.41) is 7.41. The van der Waals surface area contributed by atoms with Gasteiger partial charge in [0.2, 0.25) is 11.7 Å². The second-order valence-electron chi connectivity index (χ2n) is 8.94. The van der Waals surface area contributed by atoms with Crippen molar-refractivity contribution < 1.29 is 4.52 Å². The van der Waals surface area contributed by atoms with Gasteiger partial charge < -0.3 is 14.8 Å². The summed E-state index contributed by atoms with van der Waals surface area (Å²) >= 11 is 0. The number of nitrogens with zero attached hydrogens (tertiary/aromatic N) is 2. The summed E-state index contributed by atoms with van der Waals surface area (Å²) in [7, 11) is 0. The molecule has 2 unspecified atom stereocenters. The Kier molecular flexibility index (Phi) is 5.77. The van der Waals surface area contributed by atoms with Crippen LogP contribution in [0.1, 0.15) is 57.2 Å². The highest BCUT2D eigenvalue weighted by molar-refractivity contribution is 5.85. The van der Waals surface area contributed by atoms with Crippen molar-refractivity contribution in [2.24, 2.45) is 17.3 Å². The Hall–Kier alpha value is -1.66. The quantitative estimate of drug-likeness (QED) is 0.835. The highest BCUT2D eigenvalue weighted by atomic mass is 35.5. The summed E-state index contributed by atoms with van der Waals surface area (Å²) < 4.78 is 5.49. The van der Waals surface area contributed by atoms with E-state index in [0.717, 1.165) is 43.1 Å². The van der Waals surface area contributed by atoms with E-state index in [4.69, 9.17) is 4.52 Å². The predicted molar refractivity (Wildman–Crippen MR) is 107 cm³/mol. The lowest BCUT2D eigenvalue weighted by molar-refractivity contribution is 0.127. The van der Waals surface area contributed by atoms with Crippen molar-refractivity contribution in [3.05, 3.63) is 33.6 Å². The first-order valence-electron chi connectivity index (χ1n) is 9.68. The van der Waals surface area contributed by atoms with Crippen LogP contribution in [-0.4, -0.2) is 21.7 Å². The molecule has 1 saturated carbocycles. The molecule has 0 radical (unpaired) electrons. The minimum atomic E-state index is -0.134. The minimum Gasteiger partial charge on any atom is -0.339 e. The molecule has 2 aromatic rings. The van der Waals surface area contributed by atoms with Crippen LogP contribution in [0.15, 0.2) is 15.4 Å². The highest BCUT2D eigenvalue weighted by Gasteiger charge is 2.33. The smallest absolute Gasteiger partial charge is 0.259 e. The SMILES string of the molecule is CC1CC(Cc2nc(-c3cc4c([nH]c3=O)CCNC4)no2)CC(C)(C)C1.Cl. The van der Waals surface area contributed by atoms with Crippen LogP contribution in [-0.2, 0) is 19.4 Å². The van der Waals surface area contributed by atoms with E-state index in [1.54, 1.807) is 0 Å². The summed E-state index contributed by atoms with van der Waals surface area (Å²) in [6.45, 7) is 8.67. The van der Waals surface area contributed by atoms with Gasteiger partial charge in [-0.15, -0.1) is 12.4 Å². The van der Waals surface area contributed by atoms with Crippen molar-refractivity contribution in [2.75, 3.05) is 6.54 Å². The lowest BCUT2D eigenvalue weighted by atomic mass is 9.67. The van der Waals surface area contributed by atoms with Gasteiger partial charge in [0.1, 0.15) is 0 Å². The number of aromatic nitrogens is 3. The number of halogens is 1. The van der Waals surface area contributed by atoms with Gasteiger partial charge in [-0.25, -0.2) is 0 Å². The van der Waals surface area contributed by atoms with Gasteiger partial charge in [0.15, 0.2) is 0 Å². The van der Waals surface area contributed by atoms with Crippen LogP contribution in [0.4, 0.5) is 0 Å². The van der Waals surface area contributed by atoms with Crippen LogP contribution in [0, 0.1) is 17.3 Å². The molecule has 0 amide bonds. The van der Waals surface area contributed by atoms with E-state index >= 15 is 0 Å². The van der Waals surface area contributed by atoms with Crippen LogP contribution in [0.2, 0.25) is 0 Å². The molecule has 27 heavy (non-hydrogen) atoms. The van der Waals surface area contributed by atoms with E-state index < -0.39 is 0 Å². The molecule has 1 fully saturated rings. The van der Waals surface area contributed by atoms with E-state index in [-0.39, 0.29) is 18.0 Å². The van der Waals surface area contributed by atoms with Gasteiger partial charge >= 0.3 is 0 Å². The topological polar surface area (TPSA) is 83.8 Å². The van der Waals surface area contributed by atoms with Crippen LogP contribution in [0.3, 0.4) is 0 Å². The van der Waals surface area contributed by atoms with Crippen molar-refractivity contribution in [3.63, 3.8) is 0 Å². The maximum Gasteiger partial charge on any atom is 0.259 e. The number of hydrogen-bond acceptors (Lipinski definition) is 5. The Labute approximate surface area is 165 Å². The van der Waals surface area contributed by atoms with Crippen LogP contribution >= 0.6 is 12.4 Å². The van der Waals surface area contributed by atoms with Crippen molar-refractivity contribution in [1.29, 1.82) is 0 Å². The standard InChI is InChI=1S/C20H28N4O2.ClH/c1-12-6-13(10-20(2,3)9-12)7-17-23-18(24-26-17)15-8-14-11-21-5-4-16(14)22-19(15)25;/h8,12-13,21H,4-7,9-11H2,1-3H3,(H,22,25);1H. The number of fused-ring (bicyclic) bond motifs is 1. The van der Waals surface area contributed by atoms with Gasteiger partial charge in [0.25, 0.3) is 5.56 Å². The zero-order valence-corrected chi connectivity index (χ0v) is 17.1. The van der Waals surface area contributed by atoms with E-state index in [2.05, 4.69) is 41.2 Å². The molecule has 0 saturated heterocycles. The van der Waals surface area contributed by atoms with Crippen LogP contribution in [0.25, 0.3) is 11.4 Å². The molecule has 0 bridgehead atoms. The van der Waals surface area contributed by atoms with Crippen molar-refractivity contribution in [3.8, 4) is 11.4 Å². The zero-order chi connectivity index (χ0) is 18.3. The van der Waals surface area contributed by atoms with E-state index in [1.807, 2.05) is 6.07 Å². The molecular formula is C20H29ClN4O2. The van der Waals surface area contributed by atoms with Gasteiger partial charge in [0, 0.05) is 31.6 Å². The monoisotopic (exact) mass is 392 g/mol. The first-order valence-corrected chi connectivity index (χ1v) is 9.68. The third-order valence-corrected chi connectivity index (χ3v) is 5.73. The third-order valence-electron chi connectivity index (χ3n) is 5.73. The molecule has 0 spiro atoms. The molecule has 2 atom stereocenters. The number of aromatic amines is 1. The number of rotatable bonds is 3. The third kappa shape index (κ3) is 4.43. The Morgan fingerprint density at radius 3 is 2.93 bits per heavy atom. The Morgan fingerprint density at radius 2 is 2.15 bits per heavy atom. The second-order valence-corrected chi connectivity index (χ2v) is 8.94. The van der Waals surface area contributed by atoms with E-state index in [9.17, 15) is 4.79 Å². The predicted octanol–water partition coefficient (Wildman–Crippen LogP) is 3.50. The van der Waals surface area contributed by atoms with Crippen molar-refractivity contribution in [1.82, 2.24) is 20.4 Å². The molecule has 3 heterocycles. The summed E-state index contributed by atoms with van der Waals surface area (Å²) in [5.74, 6) is 2.33. The minimum absolute atomic E-state index is 0. The largest absolute Gasteiger partial charge is 0.339 e. The molecule has 6 nitrogen and oxygen atoms in total. The molecule has 2 aliphatic rings. The van der Waals surface area contributed by atoms with Gasteiger partial charge in [0.05, 0.1) is 5.56 Å². The number of hydrogen-bond donors (Lipinski definition) is 2. The summed E-state index contributed by atoms with van der Waals surface area (Å²) in [6.07, 6.45) is 5.30. The molecule has 1 aliphatic heterocycles. The Balaban J connectivity index is 0.00000210. The Morgan fingerprint density at radius 1 is 1.33 bits per heavy atom. The van der Waals surface area contributed by atoms with Gasteiger partial charge in [-0.3, -0.25) is 4.79 Å². The molecule has 0 aromatic carbocycles. The highest BCUT2D eigenvalue weighted by Crippen LogP contribution is 2.42. The van der Waals surface area contributed by atoms with Crippen molar-refractivity contribution >= 4 is 12.4 Å². The van der Waals surface area contributed by atoms with Gasteiger partial charge in [-0.1, -0.05) is 25.9 Å². The summed E-state index contributed by atoms with van der Waals surface area (Å²) in [6, 6.07) is 1.90. The second kappa shape index (κ2) is 7.76. The lowest BCUT2D eigenvalue weighted by Crippen LogP contribution is -2.28. The maximum absolute atomic E-state index is 12.4. The molecule has 2 N–H and O–H groups in total. The van der Waals surface area contributed by atoms with E-state index in [1.165, 1.54) is 19.3 Å². The summed E-state index contributed by atoms with van der Waals surface area (Å²) in [5.41, 5.74) is 2.86. The van der Waals surface area contributed by atoms with Crippen molar-refractivity contribution in [2.45, 2.75) is 59.4 Å². The van der Waals surface area contributed by atoms with Crippen LogP contribution in [0.5, 0.6) is 0 Å². The molecule has 1 aliphatic carbocycles. The molecule has 4 rings (SSSR count). The molecule has 7 heteroatoms. The molecular weight excluding hydrogens is 364 g/mol. The fourth-order valence-corrected chi connectivity index (χ4v) is 4.99.